The molecule has 0 saturated carbocycles. The Balaban J connectivity index is 1.26. The summed E-state index contributed by atoms with van der Waals surface area (Å²) in [6.07, 6.45) is 0.921. The van der Waals surface area contributed by atoms with Crippen molar-refractivity contribution in [2.45, 2.75) is 65.0 Å². The molecule has 0 aliphatic carbocycles. The second kappa shape index (κ2) is 17.0. The van der Waals surface area contributed by atoms with Crippen molar-refractivity contribution in [2.24, 2.45) is 11.8 Å². The molecule has 0 aromatic heterocycles. The average molecular weight is 701 g/mol. The van der Waals surface area contributed by atoms with Crippen LogP contribution >= 0.6 is 0 Å². The first-order valence-corrected chi connectivity index (χ1v) is 17.4. The summed E-state index contributed by atoms with van der Waals surface area (Å²) in [5.74, 6) is 6.00. The van der Waals surface area contributed by atoms with E-state index in [4.69, 9.17) is 42.6 Å². The molecule has 1 saturated heterocycles. The number of benzene rings is 4. The van der Waals surface area contributed by atoms with E-state index in [0.29, 0.717) is 58.8 Å². The van der Waals surface area contributed by atoms with Crippen LogP contribution in [-0.2, 0) is 17.6 Å². The van der Waals surface area contributed by atoms with E-state index in [1.165, 1.54) is 0 Å². The minimum Gasteiger partial charge on any atom is -0.493 e. The molecule has 1 heterocycles. The molecule has 274 valence electrons. The molecule has 51 heavy (non-hydrogen) atoms. The first-order chi connectivity index (χ1) is 24.6. The van der Waals surface area contributed by atoms with Crippen molar-refractivity contribution in [3.05, 3.63) is 95.1 Å². The van der Waals surface area contributed by atoms with E-state index in [9.17, 15) is 0 Å². The zero-order valence-corrected chi connectivity index (χ0v) is 31.5. The summed E-state index contributed by atoms with van der Waals surface area (Å²) < 4.78 is 52.9. The Morgan fingerprint density at radius 3 is 1.14 bits per heavy atom. The highest BCUT2D eigenvalue weighted by atomic mass is 16.5. The lowest BCUT2D eigenvalue weighted by Gasteiger charge is -2.21. The number of ether oxygens (including phenoxy) is 9. The molecule has 9 nitrogen and oxygen atoms in total. The van der Waals surface area contributed by atoms with Gasteiger partial charge in [0.05, 0.1) is 54.9 Å². The molecule has 1 fully saturated rings. The van der Waals surface area contributed by atoms with Gasteiger partial charge in [-0.3, -0.25) is 0 Å². The third kappa shape index (κ3) is 8.59. The van der Waals surface area contributed by atoms with Crippen LogP contribution in [-0.4, -0.2) is 54.9 Å². The Morgan fingerprint density at radius 1 is 0.451 bits per heavy atom. The average Bonchev–Trinajstić information content (AvgIpc) is 3.44. The van der Waals surface area contributed by atoms with Crippen molar-refractivity contribution in [3.63, 3.8) is 0 Å². The Kier molecular flexibility index (Phi) is 12.5. The maximum Gasteiger partial charge on any atom is 0.161 e. The summed E-state index contributed by atoms with van der Waals surface area (Å²) in [6, 6.07) is 24.0. The third-order valence-corrected chi connectivity index (χ3v) is 9.71. The van der Waals surface area contributed by atoms with Crippen LogP contribution in [0.3, 0.4) is 0 Å². The largest absolute Gasteiger partial charge is 0.493 e. The SMILES string of the molecule is COc1ccc(CC(C)Oc2ccc([C@H]3OC(c4ccc(O[C@H](C)Cc5ccc(OC)c(OC)c5)c(OC)c4)[C@H](C)[C@H]3C)cc2OC)cc1OC. The summed E-state index contributed by atoms with van der Waals surface area (Å²) in [4.78, 5) is 0. The predicted octanol–water partition coefficient (Wildman–Crippen LogP) is 8.84. The van der Waals surface area contributed by atoms with Gasteiger partial charge in [0.2, 0.25) is 0 Å². The van der Waals surface area contributed by atoms with E-state index in [2.05, 4.69) is 26.0 Å². The van der Waals surface area contributed by atoms with Crippen LogP contribution in [0.2, 0.25) is 0 Å². The Labute approximate surface area is 302 Å². The van der Waals surface area contributed by atoms with Crippen molar-refractivity contribution < 1.29 is 42.6 Å². The van der Waals surface area contributed by atoms with Gasteiger partial charge in [0.1, 0.15) is 12.2 Å². The molecular formula is C42H52O9. The van der Waals surface area contributed by atoms with E-state index >= 15 is 0 Å². The molecule has 1 aliphatic rings. The van der Waals surface area contributed by atoms with Crippen LogP contribution in [0, 0.1) is 11.8 Å². The van der Waals surface area contributed by atoms with Gasteiger partial charge in [0, 0.05) is 12.8 Å². The van der Waals surface area contributed by atoms with Gasteiger partial charge in [0.15, 0.2) is 46.0 Å². The number of hydrogen-bond donors (Lipinski definition) is 0. The Bertz CT molecular complexity index is 1630. The standard InChI is InChI=1S/C42H52O9/c1-25(19-29-11-15-33(43-5)37(21-29)45-7)49-35-17-13-31(23-39(35)47-9)41-27(3)28(4)42(51-41)32-14-18-36(40(24-32)48-10)50-26(2)20-30-12-16-34(44-6)38(22-30)46-8/h11-18,21-28,41-42H,19-20H2,1-10H3/t25-,26?,27-,28-,41?,42+/m1/s1. The first-order valence-electron chi connectivity index (χ1n) is 17.4. The van der Waals surface area contributed by atoms with Gasteiger partial charge in [-0.05, 0) is 96.5 Å². The predicted molar refractivity (Wildman–Crippen MR) is 198 cm³/mol. The fourth-order valence-electron chi connectivity index (χ4n) is 6.83. The van der Waals surface area contributed by atoms with Crippen molar-refractivity contribution in [1.82, 2.24) is 0 Å². The van der Waals surface area contributed by atoms with E-state index in [-0.39, 0.29) is 36.3 Å². The van der Waals surface area contributed by atoms with Gasteiger partial charge in [-0.15, -0.1) is 0 Å². The smallest absolute Gasteiger partial charge is 0.161 e. The van der Waals surface area contributed by atoms with Gasteiger partial charge in [0.25, 0.3) is 0 Å². The van der Waals surface area contributed by atoms with Crippen LogP contribution in [0.25, 0.3) is 0 Å². The lowest BCUT2D eigenvalue weighted by atomic mass is 9.85. The number of methoxy groups -OCH3 is 6. The molecule has 4 aromatic rings. The van der Waals surface area contributed by atoms with Gasteiger partial charge in [-0.2, -0.15) is 0 Å². The Hall–Kier alpha value is -4.76. The molecule has 9 heteroatoms. The Morgan fingerprint density at radius 2 is 0.784 bits per heavy atom. The summed E-state index contributed by atoms with van der Waals surface area (Å²) >= 11 is 0. The quantitative estimate of drug-likeness (QED) is 0.114. The molecule has 4 aromatic carbocycles. The second-order valence-electron chi connectivity index (χ2n) is 13.2. The lowest BCUT2D eigenvalue weighted by Crippen LogP contribution is -2.16. The molecule has 0 N–H and O–H groups in total. The zero-order chi connectivity index (χ0) is 36.7. The highest BCUT2D eigenvalue weighted by Gasteiger charge is 2.41. The van der Waals surface area contributed by atoms with Gasteiger partial charge < -0.3 is 42.6 Å². The van der Waals surface area contributed by atoms with Crippen LogP contribution in [0.15, 0.2) is 72.8 Å². The van der Waals surface area contributed by atoms with Gasteiger partial charge >= 0.3 is 0 Å². The van der Waals surface area contributed by atoms with Gasteiger partial charge in [-0.25, -0.2) is 0 Å². The maximum atomic E-state index is 6.80. The summed E-state index contributed by atoms with van der Waals surface area (Å²) in [5.41, 5.74) is 4.27. The fourth-order valence-corrected chi connectivity index (χ4v) is 6.83. The number of rotatable bonds is 16. The van der Waals surface area contributed by atoms with Crippen molar-refractivity contribution in [3.8, 4) is 46.0 Å². The summed E-state index contributed by atoms with van der Waals surface area (Å²) in [6.45, 7) is 8.56. The minimum absolute atomic E-state index is 0.107. The monoisotopic (exact) mass is 700 g/mol. The molecule has 0 radical (unpaired) electrons. The van der Waals surface area contributed by atoms with Crippen molar-refractivity contribution in [1.29, 1.82) is 0 Å². The van der Waals surface area contributed by atoms with Crippen LogP contribution in [0.5, 0.6) is 46.0 Å². The van der Waals surface area contributed by atoms with Crippen molar-refractivity contribution >= 4 is 0 Å². The molecule has 1 aliphatic heterocycles. The van der Waals surface area contributed by atoms with E-state index in [0.717, 1.165) is 22.3 Å². The number of hydrogen-bond acceptors (Lipinski definition) is 9. The van der Waals surface area contributed by atoms with Crippen LogP contribution in [0.4, 0.5) is 0 Å². The molecule has 5 rings (SSSR count). The molecular weight excluding hydrogens is 648 g/mol. The molecule has 6 atom stereocenters. The maximum absolute atomic E-state index is 6.80. The highest BCUT2D eigenvalue weighted by Crippen LogP contribution is 2.51. The molecule has 0 amide bonds. The van der Waals surface area contributed by atoms with Crippen LogP contribution < -0.4 is 37.9 Å². The normalized spacial score (nSPS) is 19.5. The van der Waals surface area contributed by atoms with E-state index in [1.54, 1.807) is 42.7 Å². The highest BCUT2D eigenvalue weighted by molar-refractivity contribution is 5.47. The summed E-state index contributed by atoms with van der Waals surface area (Å²) in [7, 11) is 9.88. The molecule has 0 spiro atoms. The first kappa shape index (κ1) is 37.5. The fraction of sp³-hybridized carbons (Fsp3) is 0.429. The van der Waals surface area contributed by atoms with E-state index in [1.807, 2.05) is 74.5 Å². The van der Waals surface area contributed by atoms with E-state index < -0.39 is 0 Å². The lowest BCUT2D eigenvalue weighted by molar-refractivity contribution is 0.0287. The minimum atomic E-state index is -0.124. The topological polar surface area (TPSA) is 83.1 Å². The zero-order valence-electron chi connectivity index (χ0n) is 31.5. The summed E-state index contributed by atoms with van der Waals surface area (Å²) in [5, 5.41) is 0. The molecule has 2 unspecified atom stereocenters. The second-order valence-corrected chi connectivity index (χ2v) is 13.2. The van der Waals surface area contributed by atoms with Crippen molar-refractivity contribution in [2.75, 3.05) is 42.7 Å². The van der Waals surface area contributed by atoms with Gasteiger partial charge in [-0.1, -0.05) is 38.1 Å². The third-order valence-electron chi connectivity index (χ3n) is 9.71. The molecule has 0 bridgehead atoms. The van der Waals surface area contributed by atoms with Crippen LogP contribution in [0.1, 0.15) is 62.2 Å².